The minimum Gasteiger partial charge on any atom is -0.481 e. The molecule has 0 aliphatic heterocycles. The van der Waals surface area contributed by atoms with Crippen LogP contribution < -0.4 is 5.32 Å². The summed E-state index contributed by atoms with van der Waals surface area (Å²) in [6.07, 6.45) is -2.60. The molecule has 10 nitrogen and oxygen atoms in total. The topological polar surface area (TPSA) is 131 Å². The van der Waals surface area contributed by atoms with E-state index in [4.69, 9.17) is 14.3 Å². The summed E-state index contributed by atoms with van der Waals surface area (Å²) in [4.78, 5) is 55.1. The number of nitrogens with one attached hydrogen (secondary N) is 1. The van der Waals surface area contributed by atoms with Crippen LogP contribution in [0.4, 0.5) is 15.3 Å². The number of carbonyl (C=O) groups is 4. The van der Waals surface area contributed by atoms with Crippen molar-refractivity contribution in [2.24, 2.45) is 0 Å². The van der Waals surface area contributed by atoms with Crippen LogP contribution >= 0.6 is 21.6 Å². The van der Waals surface area contributed by atoms with E-state index < -0.39 is 41.9 Å². The van der Waals surface area contributed by atoms with Gasteiger partial charge in [-0.15, -0.1) is 0 Å². The standard InChI is InChI=1S/C24H36N2O8S2/c1-22(2,3)33-20(30)26(21(31)34-23(4,5)6)32-14-18(27)25-16-11-10-12-17(15(16)13-19(28)29)35-36-24(7,8)9/h10-12H,13-14H2,1-9H3,(H,25,27)(H,28,29). The average Bonchev–Trinajstić information content (AvgIpc) is 2.64. The number of carboxylic acid groups (broad SMARTS) is 1. The van der Waals surface area contributed by atoms with Gasteiger partial charge in [-0.1, -0.05) is 53.5 Å². The van der Waals surface area contributed by atoms with Crippen molar-refractivity contribution in [3.05, 3.63) is 23.8 Å². The van der Waals surface area contributed by atoms with E-state index in [-0.39, 0.29) is 21.9 Å². The summed E-state index contributed by atoms with van der Waals surface area (Å²) in [7, 11) is 2.98. The zero-order valence-electron chi connectivity index (χ0n) is 22.2. The van der Waals surface area contributed by atoms with Gasteiger partial charge in [0.25, 0.3) is 5.91 Å². The smallest absolute Gasteiger partial charge is 0.444 e. The number of anilines is 1. The lowest BCUT2D eigenvalue weighted by atomic mass is 10.1. The molecule has 0 radical (unpaired) electrons. The Kier molecular flexibility index (Phi) is 11.1. The van der Waals surface area contributed by atoms with Crippen LogP contribution in [-0.4, -0.2) is 56.8 Å². The normalized spacial score (nSPS) is 12.0. The van der Waals surface area contributed by atoms with Crippen molar-refractivity contribution in [2.45, 2.75) is 89.6 Å². The number of nitrogens with zero attached hydrogens (tertiary/aromatic N) is 1. The van der Waals surface area contributed by atoms with E-state index in [0.717, 1.165) is 0 Å². The maximum absolute atomic E-state index is 12.7. The number of amides is 3. The molecule has 202 valence electrons. The molecule has 0 spiro atoms. The molecule has 3 amide bonds. The van der Waals surface area contributed by atoms with Crippen molar-refractivity contribution in [3.63, 3.8) is 0 Å². The Balaban J connectivity index is 3.07. The van der Waals surface area contributed by atoms with Crippen LogP contribution in [0.25, 0.3) is 0 Å². The first-order valence-electron chi connectivity index (χ1n) is 11.2. The second kappa shape index (κ2) is 12.7. The lowest BCUT2D eigenvalue weighted by molar-refractivity contribution is -0.151. The van der Waals surface area contributed by atoms with E-state index >= 15 is 0 Å². The van der Waals surface area contributed by atoms with E-state index in [2.05, 4.69) is 5.32 Å². The second-order valence-corrected chi connectivity index (χ2v) is 13.7. The molecule has 12 heteroatoms. The molecule has 0 unspecified atom stereocenters. The number of hydroxylamine groups is 2. The molecule has 0 aliphatic rings. The van der Waals surface area contributed by atoms with Crippen molar-refractivity contribution < 1.29 is 38.6 Å². The number of imide groups is 1. The predicted molar refractivity (Wildman–Crippen MR) is 140 cm³/mol. The first-order chi connectivity index (χ1) is 16.3. The van der Waals surface area contributed by atoms with E-state index in [0.29, 0.717) is 10.5 Å². The summed E-state index contributed by atoms with van der Waals surface area (Å²) in [5.74, 6) is -1.78. The number of ether oxygens (including phenoxy) is 2. The molecule has 0 atom stereocenters. The van der Waals surface area contributed by atoms with Gasteiger partial charge in [0.1, 0.15) is 11.2 Å². The minimum absolute atomic E-state index is 0.0783. The maximum atomic E-state index is 12.7. The maximum Gasteiger partial charge on any atom is 0.444 e. The lowest BCUT2D eigenvalue weighted by Gasteiger charge is -2.27. The van der Waals surface area contributed by atoms with Crippen LogP contribution in [0.1, 0.15) is 67.9 Å². The van der Waals surface area contributed by atoms with Gasteiger partial charge in [-0.25, -0.2) is 14.4 Å². The molecule has 2 N–H and O–H groups in total. The fourth-order valence-corrected chi connectivity index (χ4v) is 4.60. The number of carbonyl (C=O) groups excluding carboxylic acids is 3. The Morgan fingerprint density at radius 3 is 1.89 bits per heavy atom. The SMILES string of the molecule is CC(C)(C)OC(=O)N(OCC(=O)Nc1cccc(SSC(C)(C)C)c1CC(=O)O)C(=O)OC(C)(C)C. The molecule has 0 fully saturated rings. The van der Waals surface area contributed by atoms with Gasteiger partial charge in [0.2, 0.25) is 0 Å². The van der Waals surface area contributed by atoms with E-state index in [1.807, 2.05) is 20.8 Å². The second-order valence-electron chi connectivity index (χ2n) is 10.7. The number of hydrogen-bond acceptors (Lipinski definition) is 9. The van der Waals surface area contributed by atoms with E-state index in [1.54, 1.807) is 70.5 Å². The molecular formula is C24H36N2O8S2. The van der Waals surface area contributed by atoms with Gasteiger partial charge in [-0.05, 0) is 53.7 Å². The molecule has 0 bridgehead atoms. The summed E-state index contributed by atoms with van der Waals surface area (Å²) in [5.41, 5.74) is -1.15. The zero-order valence-corrected chi connectivity index (χ0v) is 23.8. The molecule has 0 saturated heterocycles. The highest BCUT2D eigenvalue weighted by atomic mass is 33.1. The summed E-state index contributed by atoms with van der Waals surface area (Å²) < 4.78 is 10.3. The Hall–Kier alpha value is -2.44. The van der Waals surface area contributed by atoms with Gasteiger partial charge in [0.15, 0.2) is 6.61 Å². The van der Waals surface area contributed by atoms with Crippen LogP contribution in [0.15, 0.2) is 23.1 Å². The van der Waals surface area contributed by atoms with Crippen LogP contribution in [0, 0.1) is 0 Å². The van der Waals surface area contributed by atoms with Gasteiger partial charge >= 0.3 is 18.2 Å². The fraction of sp³-hybridized carbons (Fsp3) is 0.583. The largest absolute Gasteiger partial charge is 0.481 e. The Labute approximate surface area is 220 Å². The Bertz CT molecular complexity index is 934. The summed E-state index contributed by atoms with van der Waals surface area (Å²) >= 11 is 0. The number of hydrogen-bond donors (Lipinski definition) is 2. The molecule has 36 heavy (non-hydrogen) atoms. The van der Waals surface area contributed by atoms with Crippen LogP contribution in [0.2, 0.25) is 0 Å². The highest BCUT2D eigenvalue weighted by Crippen LogP contribution is 2.43. The van der Waals surface area contributed by atoms with Crippen LogP contribution in [0.3, 0.4) is 0 Å². The van der Waals surface area contributed by atoms with Crippen LogP contribution in [0.5, 0.6) is 0 Å². The molecule has 1 rings (SSSR count). The third kappa shape index (κ3) is 12.5. The average molecular weight is 545 g/mol. The third-order valence-corrected chi connectivity index (χ3v) is 6.99. The van der Waals surface area contributed by atoms with Gasteiger partial charge in [0.05, 0.1) is 6.42 Å². The Morgan fingerprint density at radius 2 is 1.44 bits per heavy atom. The molecule has 0 saturated carbocycles. The number of carboxylic acids is 1. The van der Waals surface area contributed by atoms with Crippen molar-refractivity contribution in [3.8, 4) is 0 Å². The molecule has 0 aromatic heterocycles. The Morgan fingerprint density at radius 1 is 0.917 bits per heavy atom. The minimum atomic E-state index is -1.14. The van der Waals surface area contributed by atoms with Gasteiger partial charge in [-0.3, -0.25) is 9.59 Å². The van der Waals surface area contributed by atoms with Gasteiger partial charge in [-0.2, -0.15) is 0 Å². The van der Waals surface area contributed by atoms with E-state index in [9.17, 15) is 24.3 Å². The summed E-state index contributed by atoms with van der Waals surface area (Å²) in [5, 5.41) is 12.3. The number of rotatable bonds is 8. The van der Waals surface area contributed by atoms with Crippen molar-refractivity contribution in [2.75, 3.05) is 11.9 Å². The first-order valence-corrected chi connectivity index (χ1v) is 13.3. The first kappa shape index (κ1) is 31.6. The molecule has 0 heterocycles. The molecular weight excluding hydrogens is 508 g/mol. The van der Waals surface area contributed by atoms with Gasteiger partial charge < -0.3 is 19.9 Å². The predicted octanol–water partition coefficient (Wildman–Crippen LogP) is 5.89. The zero-order chi connectivity index (χ0) is 27.9. The van der Waals surface area contributed by atoms with Gasteiger partial charge in [0, 0.05) is 20.9 Å². The molecule has 1 aromatic carbocycles. The van der Waals surface area contributed by atoms with Crippen molar-refractivity contribution in [1.82, 2.24) is 5.06 Å². The quantitative estimate of drug-likeness (QED) is 0.301. The number of benzene rings is 1. The third-order valence-electron chi connectivity index (χ3n) is 3.56. The molecule has 0 aliphatic carbocycles. The highest BCUT2D eigenvalue weighted by Gasteiger charge is 2.33. The lowest BCUT2D eigenvalue weighted by Crippen LogP contribution is -2.44. The fourth-order valence-electron chi connectivity index (χ4n) is 2.36. The van der Waals surface area contributed by atoms with Crippen molar-refractivity contribution in [1.29, 1.82) is 0 Å². The summed E-state index contributed by atoms with van der Waals surface area (Å²) in [6.45, 7) is 15.0. The monoisotopic (exact) mass is 544 g/mol. The summed E-state index contributed by atoms with van der Waals surface area (Å²) in [6, 6.07) is 5.04. The highest BCUT2D eigenvalue weighted by molar-refractivity contribution is 8.77. The van der Waals surface area contributed by atoms with Crippen LogP contribution in [-0.2, 0) is 30.3 Å². The molecule has 1 aromatic rings. The van der Waals surface area contributed by atoms with E-state index in [1.165, 1.54) is 10.8 Å². The van der Waals surface area contributed by atoms with Crippen molar-refractivity contribution >= 4 is 51.3 Å². The number of aliphatic carboxylic acids is 1.